The molecule has 0 amide bonds. The molecular formula is C10H21NO3S. The first-order chi connectivity index (χ1) is 6.83. The predicted molar refractivity (Wildman–Crippen MR) is 62.1 cm³/mol. The molecule has 90 valence electrons. The molecule has 0 atom stereocenters. The van der Waals surface area contributed by atoms with Crippen LogP contribution in [-0.2, 0) is 10.0 Å². The Kier molecular flexibility index (Phi) is 6.09. The number of aliphatic hydroxyl groups excluding tert-OH is 1. The zero-order valence-corrected chi connectivity index (χ0v) is 10.3. The van der Waals surface area contributed by atoms with Gasteiger partial charge in [0.15, 0.2) is 0 Å². The van der Waals surface area contributed by atoms with Gasteiger partial charge in [0.05, 0.1) is 5.75 Å². The molecule has 15 heavy (non-hydrogen) atoms. The van der Waals surface area contributed by atoms with Gasteiger partial charge in [-0.25, -0.2) is 13.1 Å². The molecule has 0 aromatic heterocycles. The summed E-state index contributed by atoms with van der Waals surface area (Å²) in [5.41, 5.74) is -0.212. The van der Waals surface area contributed by atoms with Crippen LogP contribution >= 0.6 is 0 Å². The molecule has 0 saturated heterocycles. The quantitative estimate of drug-likeness (QED) is 0.614. The zero-order valence-electron chi connectivity index (χ0n) is 9.49. The monoisotopic (exact) mass is 235 g/mol. The molecule has 0 saturated carbocycles. The lowest BCUT2D eigenvalue weighted by Gasteiger charge is -2.23. The summed E-state index contributed by atoms with van der Waals surface area (Å²) in [6, 6.07) is 0. The van der Waals surface area contributed by atoms with E-state index in [0.717, 1.165) is 0 Å². The maximum absolute atomic E-state index is 11.4. The Morgan fingerprint density at radius 2 is 2.07 bits per heavy atom. The highest BCUT2D eigenvalue weighted by Crippen LogP contribution is 2.18. The average Bonchev–Trinajstić information content (AvgIpc) is 2.12. The van der Waals surface area contributed by atoms with Crippen molar-refractivity contribution in [1.29, 1.82) is 0 Å². The van der Waals surface area contributed by atoms with Crippen molar-refractivity contribution >= 4 is 10.0 Å². The van der Waals surface area contributed by atoms with Crippen molar-refractivity contribution in [2.75, 3.05) is 18.9 Å². The molecule has 5 heteroatoms. The van der Waals surface area contributed by atoms with Gasteiger partial charge in [-0.3, -0.25) is 0 Å². The lowest BCUT2D eigenvalue weighted by molar-refractivity contribution is 0.213. The van der Waals surface area contributed by atoms with E-state index >= 15 is 0 Å². The number of sulfonamides is 1. The van der Waals surface area contributed by atoms with E-state index in [9.17, 15) is 8.42 Å². The second kappa shape index (κ2) is 6.25. The van der Waals surface area contributed by atoms with Crippen LogP contribution in [0.15, 0.2) is 12.7 Å². The predicted octanol–water partition coefficient (Wildman–Crippen LogP) is 0.890. The van der Waals surface area contributed by atoms with Crippen LogP contribution in [0.2, 0.25) is 0 Å². The number of allylic oxidation sites excluding steroid dienone is 1. The molecule has 0 aromatic rings. The molecule has 2 N–H and O–H groups in total. The van der Waals surface area contributed by atoms with E-state index in [1.807, 2.05) is 13.8 Å². The van der Waals surface area contributed by atoms with Gasteiger partial charge >= 0.3 is 0 Å². The smallest absolute Gasteiger partial charge is 0.211 e. The van der Waals surface area contributed by atoms with Gasteiger partial charge in [-0.2, -0.15) is 0 Å². The molecule has 0 bridgehead atoms. The molecule has 0 rings (SSSR count). The minimum absolute atomic E-state index is 0.0708. The van der Waals surface area contributed by atoms with Gasteiger partial charge in [0.25, 0.3) is 0 Å². The second-order valence-corrected chi connectivity index (χ2v) is 6.28. The Hall–Kier alpha value is -0.390. The van der Waals surface area contributed by atoms with E-state index in [0.29, 0.717) is 19.4 Å². The largest absolute Gasteiger partial charge is 0.396 e. The van der Waals surface area contributed by atoms with E-state index in [1.165, 1.54) is 0 Å². The van der Waals surface area contributed by atoms with Crippen molar-refractivity contribution in [1.82, 2.24) is 4.72 Å². The fourth-order valence-corrected chi connectivity index (χ4v) is 2.24. The molecule has 0 unspecified atom stereocenters. The molecule has 0 aliphatic rings. The van der Waals surface area contributed by atoms with Crippen molar-refractivity contribution in [2.45, 2.75) is 26.7 Å². The van der Waals surface area contributed by atoms with Crippen molar-refractivity contribution in [2.24, 2.45) is 5.41 Å². The van der Waals surface area contributed by atoms with Gasteiger partial charge in [0.2, 0.25) is 10.0 Å². The molecule has 0 radical (unpaired) electrons. The third-order valence-electron chi connectivity index (χ3n) is 2.15. The molecule has 4 nitrogen and oxygen atoms in total. The van der Waals surface area contributed by atoms with Gasteiger partial charge in [-0.05, 0) is 18.3 Å². The average molecular weight is 235 g/mol. The minimum atomic E-state index is -3.20. The van der Waals surface area contributed by atoms with Gasteiger partial charge in [0, 0.05) is 13.2 Å². The van der Waals surface area contributed by atoms with Gasteiger partial charge in [0.1, 0.15) is 0 Å². The summed E-state index contributed by atoms with van der Waals surface area (Å²) in [5, 5.41) is 8.78. The van der Waals surface area contributed by atoms with Crippen LogP contribution in [0.1, 0.15) is 26.7 Å². The van der Waals surface area contributed by atoms with Crippen LogP contribution in [0, 0.1) is 5.41 Å². The molecule has 0 fully saturated rings. The number of nitrogens with one attached hydrogen (secondary N) is 1. The number of rotatable bonds is 8. The highest BCUT2D eigenvalue weighted by molar-refractivity contribution is 7.89. The normalized spacial score (nSPS) is 12.7. The summed E-state index contributed by atoms with van der Waals surface area (Å²) in [5.74, 6) is 0.0751. The van der Waals surface area contributed by atoms with Gasteiger partial charge < -0.3 is 5.11 Å². The van der Waals surface area contributed by atoms with Crippen LogP contribution in [0.4, 0.5) is 0 Å². The lowest BCUT2D eigenvalue weighted by Crippen LogP contribution is -2.35. The molecule has 0 aliphatic heterocycles. The van der Waals surface area contributed by atoms with Crippen LogP contribution < -0.4 is 4.72 Å². The number of hydrogen-bond donors (Lipinski definition) is 2. The summed E-state index contributed by atoms with van der Waals surface area (Å²) in [7, 11) is -3.20. The van der Waals surface area contributed by atoms with Crippen molar-refractivity contribution in [3.8, 4) is 0 Å². The van der Waals surface area contributed by atoms with Gasteiger partial charge in [-0.1, -0.05) is 19.9 Å². The summed E-state index contributed by atoms with van der Waals surface area (Å²) in [4.78, 5) is 0. The van der Waals surface area contributed by atoms with Crippen molar-refractivity contribution in [3.05, 3.63) is 12.7 Å². The topological polar surface area (TPSA) is 66.4 Å². The van der Waals surface area contributed by atoms with E-state index in [4.69, 9.17) is 5.11 Å². The fourth-order valence-electron chi connectivity index (χ4n) is 1.01. The Morgan fingerprint density at radius 1 is 1.47 bits per heavy atom. The molecule has 0 aromatic carbocycles. The van der Waals surface area contributed by atoms with E-state index in [1.54, 1.807) is 6.08 Å². The fraction of sp³-hybridized carbons (Fsp3) is 0.800. The standard InChI is InChI=1S/C10H21NO3S/c1-4-5-8-15(13,14)11-9-10(2,3)6-7-12/h4,11-12H,1,5-9H2,2-3H3. The minimum Gasteiger partial charge on any atom is -0.396 e. The molecule has 0 heterocycles. The summed E-state index contributed by atoms with van der Waals surface area (Å²) in [6.45, 7) is 7.73. The summed E-state index contributed by atoms with van der Waals surface area (Å²) < 4.78 is 25.4. The Balaban J connectivity index is 4.08. The van der Waals surface area contributed by atoms with Crippen LogP contribution in [0.5, 0.6) is 0 Å². The first-order valence-electron chi connectivity index (χ1n) is 5.02. The molecule has 0 aliphatic carbocycles. The maximum atomic E-state index is 11.4. The Labute approximate surface area is 92.4 Å². The van der Waals surface area contributed by atoms with E-state index in [2.05, 4.69) is 11.3 Å². The Bertz CT molecular complexity index is 283. The second-order valence-electron chi connectivity index (χ2n) is 4.36. The van der Waals surface area contributed by atoms with Crippen molar-refractivity contribution in [3.63, 3.8) is 0 Å². The maximum Gasteiger partial charge on any atom is 0.211 e. The van der Waals surface area contributed by atoms with Crippen LogP contribution in [0.3, 0.4) is 0 Å². The highest BCUT2D eigenvalue weighted by Gasteiger charge is 2.20. The molecule has 0 spiro atoms. The number of hydrogen-bond acceptors (Lipinski definition) is 3. The van der Waals surface area contributed by atoms with Gasteiger partial charge in [-0.15, -0.1) is 6.58 Å². The van der Waals surface area contributed by atoms with E-state index in [-0.39, 0.29) is 17.8 Å². The van der Waals surface area contributed by atoms with Crippen LogP contribution in [0.25, 0.3) is 0 Å². The zero-order chi connectivity index (χ0) is 11.9. The van der Waals surface area contributed by atoms with E-state index < -0.39 is 10.0 Å². The summed E-state index contributed by atoms with van der Waals surface area (Å²) in [6.07, 6.45) is 2.62. The summed E-state index contributed by atoms with van der Waals surface area (Å²) >= 11 is 0. The highest BCUT2D eigenvalue weighted by atomic mass is 32.2. The Morgan fingerprint density at radius 3 is 2.53 bits per heavy atom. The third-order valence-corrected chi connectivity index (χ3v) is 3.51. The lowest BCUT2D eigenvalue weighted by atomic mass is 9.90. The number of aliphatic hydroxyl groups is 1. The molecular weight excluding hydrogens is 214 g/mol. The third kappa shape index (κ3) is 7.53. The SMILES string of the molecule is C=CCCS(=O)(=O)NCC(C)(C)CCO. The van der Waals surface area contributed by atoms with Crippen LogP contribution in [-0.4, -0.2) is 32.4 Å². The first kappa shape index (κ1) is 14.6. The van der Waals surface area contributed by atoms with Crippen molar-refractivity contribution < 1.29 is 13.5 Å². The first-order valence-corrected chi connectivity index (χ1v) is 6.67.